The molecule has 4 rings (SSSR count). The van der Waals surface area contributed by atoms with Crippen molar-refractivity contribution in [1.82, 2.24) is 0 Å². The molecule has 0 atom stereocenters. The van der Waals surface area contributed by atoms with Gasteiger partial charge in [0.25, 0.3) is 0 Å². The summed E-state index contributed by atoms with van der Waals surface area (Å²) in [5.74, 6) is 0. The number of benzene rings is 4. The third-order valence-corrected chi connectivity index (χ3v) is 10.2. The molecule has 0 radical (unpaired) electrons. The molecule has 0 nitrogen and oxygen atoms in total. The zero-order chi connectivity index (χ0) is 19.7. The van der Waals surface area contributed by atoms with Gasteiger partial charge in [-0.05, 0) is 55.8 Å². The summed E-state index contributed by atoms with van der Waals surface area (Å²) in [6.45, 7) is 0. The van der Waals surface area contributed by atoms with E-state index in [9.17, 15) is 0 Å². The van der Waals surface area contributed by atoms with Crippen molar-refractivity contribution in [2.75, 3.05) is 12.3 Å². The normalized spacial score (nSPS) is 10.4. The fourth-order valence-electron chi connectivity index (χ4n) is 3.63. The molecule has 0 saturated heterocycles. The molecule has 4 aromatic carbocycles. The van der Waals surface area contributed by atoms with Crippen molar-refractivity contribution in [2.45, 2.75) is 6.42 Å². The van der Waals surface area contributed by atoms with Crippen molar-refractivity contribution in [3.8, 4) is 0 Å². The van der Waals surface area contributed by atoms with Crippen LogP contribution < -0.4 is 33.6 Å². The maximum Gasteiger partial charge on any atom is 2.00 e. The first-order chi connectivity index (χ1) is 14.4. The molecule has 0 amide bonds. The first-order valence-corrected chi connectivity index (χ1v) is 13.2. The zero-order valence-corrected chi connectivity index (χ0v) is 20.8. The molecule has 0 unspecified atom stereocenters. The van der Waals surface area contributed by atoms with Gasteiger partial charge >= 0.3 is 16.5 Å². The molecule has 160 valence electrons. The Balaban J connectivity index is 0.00000171. The van der Waals surface area contributed by atoms with Gasteiger partial charge in [0, 0.05) is 0 Å². The molecule has 0 bridgehead atoms. The van der Waals surface area contributed by atoms with Crippen LogP contribution in [0.2, 0.25) is 0 Å². The largest absolute Gasteiger partial charge is 2.00 e. The average Bonchev–Trinajstić information content (AvgIpc) is 2.81. The maximum atomic E-state index is 2.30. The van der Waals surface area contributed by atoms with E-state index in [0.29, 0.717) is 0 Å². The van der Waals surface area contributed by atoms with Gasteiger partial charge in [0.1, 0.15) is 0 Å². The topological polar surface area (TPSA) is 0 Å². The summed E-state index contributed by atoms with van der Waals surface area (Å²) < 4.78 is 0. The smallest absolute Gasteiger partial charge is 1.00 e. The van der Waals surface area contributed by atoms with E-state index in [4.69, 9.17) is 0 Å². The fraction of sp³-hybridized carbons (Fsp3) is 0.111. The van der Waals surface area contributed by atoms with Crippen LogP contribution in [-0.4, -0.2) is 12.3 Å². The van der Waals surface area contributed by atoms with E-state index in [-0.39, 0.29) is 44.7 Å². The third kappa shape index (κ3) is 7.27. The average molecular weight is 507 g/mol. The summed E-state index contributed by atoms with van der Waals surface area (Å²) in [4.78, 5) is 0. The van der Waals surface area contributed by atoms with Gasteiger partial charge in [-0.25, -0.2) is 0 Å². The van der Waals surface area contributed by atoms with Gasteiger partial charge in [-0.2, -0.15) is 0 Å². The molecule has 0 N–H and O–H groups in total. The second kappa shape index (κ2) is 13.8. The Morgan fingerprint density at radius 3 is 0.839 bits per heavy atom. The predicted molar refractivity (Wildman–Crippen MR) is 132 cm³/mol. The van der Waals surface area contributed by atoms with Crippen LogP contribution in [0, 0.1) is 0 Å². The Labute approximate surface area is 205 Å². The molecule has 4 aromatic rings. The van der Waals surface area contributed by atoms with Gasteiger partial charge in [0.2, 0.25) is 0 Å². The maximum absolute atomic E-state index is 2.30. The Morgan fingerprint density at radius 1 is 0.387 bits per heavy atom. The zero-order valence-electron chi connectivity index (χ0n) is 17.3. The fourth-order valence-corrected chi connectivity index (χ4v) is 8.59. The number of halogens is 1. The van der Waals surface area contributed by atoms with Crippen molar-refractivity contribution >= 4 is 37.1 Å². The quantitative estimate of drug-likeness (QED) is 0.255. The molecule has 0 heterocycles. The molecular weight excluding hydrogens is 480 g/mol. The minimum atomic E-state index is -0.309. The molecule has 0 fully saturated rings. The van der Waals surface area contributed by atoms with Crippen LogP contribution in [0.4, 0.5) is 0 Å². The summed E-state index contributed by atoms with van der Waals surface area (Å²) in [5.41, 5.74) is 0. The predicted octanol–water partition coefficient (Wildman–Crippen LogP) is 2.64. The summed E-state index contributed by atoms with van der Waals surface area (Å²) in [6, 6.07) is 44.3. The van der Waals surface area contributed by atoms with E-state index in [1.165, 1.54) is 40.0 Å². The second-order valence-electron chi connectivity index (χ2n) is 7.00. The van der Waals surface area contributed by atoms with Crippen LogP contribution >= 0.6 is 15.8 Å². The molecular formula is C27H26ClNiP2+. The van der Waals surface area contributed by atoms with Crippen LogP contribution in [0.5, 0.6) is 0 Å². The van der Waals surface area contributed by atoms with Gasteiger partial charge in [0.05, 0.1) is 0 Å². The standard InChI is InChI=1S/C27H26P2.ClH.Ni/c1-5-14-24(15-6-1)28(25-16-7-2-8-17-25)22-13-23-29(26-18-9-3-10-19-26)27-20-11-4-12-21-27;;/h1-12,14-21H,13,22-23H2;1H;/q;;+2/p-1. The molecule has 0 aliphatic rings. The van der Waals surface area contributed by atoms with Gasteiger partial charge in [-0.3, -0.25) is 0 Å². The molecule has 31 heavy (non-hydrogen) atoms. The van der Waals surface area contributed by atoms with Crippen molar-refractivity contribution in [3.63, 3.8) is 0 Å². The van der Waals surface area contributed by atoms with Crippen molar-refractivity contribution in [2.24, 2.45) is 0 Å². The van der Waals surface area contributed by atoms with Crippen LogP contribution in [0.3, 0.4) is 0 Å². The Kier molecular flexibility index (Phi) is 11.5. The SMILES string of the molecule is [Cl-].[Ni+2].c1ccc(P(CCCP(c2ccccc2)c2ccccc2)c2ccccc2)cc1. The van der Waals surface area contributed by atoms with E-state index in [2.05, 4.69) is 121 Å². The number of hydrogen-bond acceptors (Lipinski definition) is 0. The van der Waals surface area contributed by atoms with E-state index >= 15 is 0 Å². The van der Waals surface area contributed by atoms with Crippen LogP contribution in [0.25, 0.3) is 0 Å². The Bertz CT molecular complexity index is 821. The van der Waals surface area contributed by atoms with Crippen molar-refractivity contribution in [1.29, 1.82) is 0 Å². The summed E-state index contributed by atoms with van der Waals surface area (Å²) >= 11 is 0. The third-order valence-electron chi connectivity index (χ3n) is 5.03. The van der Waals surface area contributed by atoms with Gasteiger partial charge in [-0.1, -0.05) is 121 Å². The van der Waals surface area contributed by atoms with E-state index in [1.807, 2.05) is 0 Å². The van der Waals surface area contributed by atoms with E-state index in [1.54, 1.807) is 0 Å². The Morgan fingerprint density at radius 2 is 0.613 bits per heavy atom. The number of hydrogen-bond donors (Lipinski definition) is 0. The monoisotopic (exact) mass is 505 g/mol. The molecule has 0 aromatic heterocycles. The minimum absolute atomic E-state index is 0. The summed E-state index contributed by atoms with van der Waals surface area (Å²) in [5, 5.41) is 5.94. The first kappa shape index (κ1) is 25.8. The molecule has 0 aliphatic carbocycles. The molecule has 0 aliphatic heterocycles. The van der Waals surface area contributed by atoms with Crippen molar-refractivity contribution in [3.05, 3.63) is 121 Å². The molecule has 4 heteroatoms. The van der Waals surface area contributed by atoms with Gasteiger partial charge in [-0.15, -0.1) is 0 Å². The minimum Gasteiger partial charge on any atom is -1.00 e. The van der Waals surface area contributed by atoms with Crippen molar-refractivity contribution < 1.29 is 28.9 Å². The second-order valence-corrected chi connectivity index (χ2v) is 11.7. The molecule has 0 saturated carbocycles. The Hall–Kier alpha value is -1.48. The van der Waals surface area contributed by atoms with Crippen LogP contribution in [0.1, 0.15) is 6.42 Å². The first-order valence-electron chi connectivity index (χ1n) is 10.2. The van der Waals surface area contributed by atoms with Gasteiger partial charge in [0.15, 0.2) is 0 Å². The van der Waals surface area contributed by atoms with Crippen LogP contribution in [0.15, 0.2) is 121 Å². The van der Waals surface area contributed by atoms with E-state index in [0.717, 1.165) is 0 Å². The van der Waals surface area contributed by atoms with E-state index < -0.39 is 0 Å². The van der Waals surface area contributed by atoms with Crippen LogP contribution in [-0.2, 0) is 16.5 Å². The molecule has 0 spiro atoms. The summed E-state index contributed by atoms with van der Waals surface area (Å²) in [7, 11) is -0.618. The summed E-state index contributed by atoms with van der Waals surface area (Å²) in [6.07, 6.45) is 3.72. The van der Waals surface area contributed by atoms with Gasteiger partial charge < -0.3 is 12.4 Å². The number of rotatable bonds is 8.